The van der Waals surface area contributed by atoms with Crippen LogP contribution in [0.4, 0.5) is 0 Å². The summed E-state index contributed by atoms with van der Waals surface area (Å²) < 4.78 is 1.20. The van der Waals surface area contributed by atoms with Gasteiger partial charge in [0.15, 0.2) is 0 Å². The molecule has 2 fully saturated rings. The molecule has 2 bridgehead atoms. The van der Waals surface area contributed by atoms with Crippen molar-refractivity contribution in [2.75, 3.05) is 0 Å². The summed E-state index contributed by atoms with van der Waals surface area (Å²) >= 11 is 3.57. The number of halogens is 1. The second-order valence-electron chi connectivity index (χ2n) is 7.05. The Bertz CT molecular complexity index is 523. The standard InChI is InChI=1S/C19H23Br/c1-2-3-4-15-16-9-10-17(19(16)11-12-19)18(15)13-5-7-14(20)8-6-13/h5-10,15-18H,2-4,11-12H2,1H3/t15-,16-,17+,18-/m1/s1. The van der Waals surface area contributed by atoms with Gasteiger partial charge in [-0.2, -0.15) is 0 Å². The van der Waals surface area contributed by atoms with Crippen LogP contribution in [-0.4, -0.2) is 0 Å². The van der Waals surface area contributed by atoms with E-state index in [1.807, 2.05) is 0 Å². The maximum absolute atomic E-state index is 3.57. The molecule has 0 aliphatic heterocycles. The molecule has 4 atom stereocenters. The average molecular weight is 331 g/mol. The zero-order valence-electron chi connectivity index (χ0n) is 12.2. The first kappa shape index (κ1) is 13.1. The Morgan fingerprint density at radius 2 is 1.80 bits per heavy atom. The van der Waals surface area contributed by atoms with E-state index in [9.17, 15) is 0 Å². The molecule has 1 aromatic rings. The maximum atomic E-state index is 3.57. The van der Waals surface area contributed by atoms with Crippen LogP contribution in [0.25, 0.3) is 0 Å². The number of benzene rings is 1. The zero-order chi connectivity index (χ0) is 13.7. The quantitative estimate of drug-likeness (QED) is 0.599. The van der Waals surface area contributed by atoms with E-state index in [2.05, 4.69) is 59.3 Å². The first-order chi connectivity index (χ1) is 9.76. The Balaban J connectivity index is 1.68. The molecule has 3 aliphatic carbocycles. The van der Waals surface area contributed by atoms with Crippen LogP contribution in [0.5, 0.6) is 0 Å². The Morgan fingerprint density at radius 1 is 1.10 bits per heavy atom. The number of unbranched alkanes of at least 4 members (excludes halogenated alkanes) is 1. The SMILES string of the molecule is CCCC[C@H]1[C@@H](c2ccc(Br)cc2)[C@@H]2C=C[C@H]1C21CC1. The first-order valence-corrected chi connectivity index (χ1v) is 8.99. The van der Waals surface area contributed by atoms with Crippen LogP contribution in [0.1, 0.15) is 50.5 Å². The molecule has 3 aliphatic rings. The van der Waals surface area contributed by atoms with Gasteiger partial charge in [0.05, 0.1) is 0 Å². The molecule has 1 heteroatoms. The molecule has 0 heterocycles. The molecule has 1 spiro atoms. The molecule has 0 saturated heterocycles. The van der Waals surface area contributed by atoms with Gasteiger partial charge >= 0.3 is 0 Å². The van der Waals surface area contributed by atoms with Crippen molar-refractivity contribution < 1.29 is 0 Å². The van der Waals surface area contributed by atoms with Gasteiger partial charge in [0.1, 0.15) is 0 Å². The minimum atomic E-state index is 0.691. The van der Waals surface area contributed by atoms with Crippen LogP contribution >= 0.6 is 15.9 Å². The lowest BCUT2D eigenvalue weighted by molar-refractivity contribution is 0.333. The highest BCUT2D eigenvalue weighted by Crippen LogP contribution is 2.74. The van der Waals surface area contributed by atoms with Gasteiger partial charge in [-0.3, -0.25) is 0 Å². The van der Waals surface area contributed by atoms with Crippen LogP contribution in [-0.2, 0) is 0 Å². The van der Waals surface area contributed by atoms with Crippen molar-refractivity contribution in [1.82, 2.24) is 0 Å². The van der Waals surface area contributed by atoms with Crippen molar-refractivity contribution >= 4 is 15.9 Å². The van der Waals surface area contributed by atoms with Gasteiger partial charge in [0.2, 0.25) is 0 Å². The van der Waals surface area contributed by atoms with E-state index >= 15 is 0 Å². The molecule has 106 valence electrons. The molecule has 0 amide bonds. The fraction of sp³-hybridized carbons (Fsp3) is 0.579. The van der Waals surface area contributed by atoms with E-state index in [4.69, 9.17) is 0 Å². The first-order valence-electron chi connectivity index (χ1n) is 8.20. The fourth-order valence-corrected chi connectivity index (χ4v) is 5.39. The summed E-state index contributed by atoms with van der Waals surface area (Å²) in [6.45, 7) is 2.32. The third-order valence-corrected chi connectivity index (χ3v) is 6.66. The highest BCUT2D eigenvalue weighted by molar-refractivity contribution is 9.10. The highest BCUT2D eigenvalue weighted by Gasteiger charge is 2.66. The molecule has 2 saturated carbocycles. The normalized spacial score (nSPS) is 35.9. The largest absolute Gasteiger partial charge is 0.0842 e. The van der Waals surface area contributed by atoms with Crippen molar-refractivity contribution in [2.45, 2.75) is 44.9 Å². The second kappa shape index (κ2) is 4.73. The van der Waals surface area contributed by atoms with Crippen molar-refractivity contribution in [3.05, 3.63) is 46.5 Å². The summed E-state index contributed by atoms with van der Waals surface area (Å²) in [5, 5.41) is 0. The van der Waals surface area contributed by atoms with Gasteiger partial charge in [-0.15, -0.1) is 0 Å². The topological polar surface area (TPSA) is 0 Å². The van der Waals surface area contributed by atoms with Crippen LogP contribution < -0.4 is 0 Å². The van der Waals surface area contributed by atoms with Crippen LogP contribution in [0, 0.1) is 23.2 Å². The Labute approximate surface area is 130 Å². The van der Waals surface area contributed by atoms with Gasteiger partial charge in [-0.05, 0) is 66.0 Å². The van der Waals surface area contributed by atoms with Gasteiger partial charge in [-0.1, -0.05) is 60.0 Å². The monoisotopic (exact) mass is 330 g/mol. The Hall–Kier alpha value is -0.560. The lowest BCUT2D eigenvalue weighted by Gasteiger charge is -2.28. The average Bonchev–Trinajstić information content (AvgIpc) is 3.12. The predicted molar refractivity (Wildman–Crippen MR) is 87.7 cm³/mol. The molecular weight excluding hydrogens is 308 g/mol. The highest BCUT2D eigenvalue weighted by atomic mass is 79.9. The van der Waals surface area contributed by atoms with Gasteiger partial charge in [0, 0.05) is 4.47 Å². The van der Waals surface area contributed by atoms with Crippen LogP contribution in [0.15, 0.2) is 40.9 Å². The minimum absolute atomic E-state index is 0.691. The van der Waals surface area contributed by atoms with Gasteiger partial charge in [-0.25, -0.2) is 0 Å². The third-order valence-electron chi connectivity index (χ3n) is 6.14. The molecule has 4 rings (SSSR count). The van der Waals surface area contributed by atoms with Crippen LogP contribution in [0.3, 0.4) is 0 Å². The van der Waals surface area contributed by atoms with E-state index in [0.717, 1.165) is 23.7 Å². The summed E-state index contributed by atoms with van der Waals surface area (Å²) in [5.74, 6) is 3.39. The minimum Gasteiger partial charge on any atom is -0.0842 e. The van der Waals surface area contributed by atoms with Crippen LogP contribution in [0.2, 0.25) is 0 Å². The van der Waals surface area contributed by atoms with E-state index in [-0.39, 0.29) is 0 Å². The molecule has 0 radical (unpaired) electrons. The summed E-state index contributed by atoms with van der Waals surface area (Å²) in [5.41, 5.74) is 2.27. The van der Waals surface area contributed by atoms with Gasteiger partial charge < -0.3 is 0 Å². The smallest absolute Gasteiger partial charge is 0.0175 e. The number of hydrogen-bond donors (Lipinski definition) is 0. The number of hydrogen-bond acceptors (Lipinski definition) is 0. The summed E-state index contributed by atoms with van der Waals surface area (Å²) in [6.07, 6.45) is 12.2. The number of allylic oxidation sites excluding steroid dienone is 2. The van der Waals surface area contributed by atoms with Gasteiger partial charge in [0.25, 0.3) is 0 Å². The lowest BCUT2D eigenvalue weighted by Crippen LogP contribution is -2.17. The molecule has 1 aromatic carbocycles. The number of rotatable bonds is 4. The predicted octanol–water partition coefficient (Wildman–Crippen LogP) is 5.94. The maximum Gasteiger partial charge on any atom is 0.0175 e. The molecule has 0 N–H and O–H groups in total. The molecule has 0 aromatic heterocycles. The Kier molecular flexibility index (Phi) is 3.10. The van der Waals surface area contributed by atoms with E-state index < -0.39 is 0 Å². The molecular formula is C19H23Br. The molecule has 0 nitrogen and oxygen atoms in total. The van der Waals surface area contributed by atoms with Crippen molar-refractivity contribution in [2.24, 2.45) is 23.2 Å². The van der Waals surface area contributed by atoms with E-state index in [1.54, 1.807) is 5.56 Å². The zero-order valence-corrected chi connectivity index (χ0v) is 13.8. The van der Waals surface area contributed by atoms with Crippen molar-refractivity contribution in [3.63, 3.8) is 0 Å². The lowest BCUT2D eigenvalue weighted by atomic mass is 9.76. The second-order valence-corrected chi connectivity index (χ2v) is 7.97. The summed E-state index contributed by atoms with van der Waals surface area (Å²) in [4.78, 5) is 0. The van der Waals surface area contributed by atoms with E-state index in [0.29, 0.717) is 5.41 Å². The molecule has 0 unspecified atom stereocenters. The van der Waals surface area contributed by atoms with Crippen molar-refractivity contribution in [3.8, 4) is 0 Å². The summed E-state index contributed by atoms with van der Waals surface area (Å²) in [7, 11) is 0. The van der Waals surface area contributed by atoms with E-state index in [1.165, 1.54) is 36.6 Å². The fourth-order valence-electron chi connectivity index (χ4n) is 5.13. The molecule has 20 heavy (non-hydrogen) atoms. The summed E-state index contributed by atoms with van der Waals surface area (Å²) in [6, 6.07) is 9.17. The Morgan fingerprint density at radius 3 is 2.45 bits per heavy atom. The third kappa shape index (κ3) is 1.78. The van der Waals surface area contributed by atoms with Crippen molar-refractivity contribution in [1.29, 1.82) is 0 Å².